The monoisotopic (exact) mass is 649 g/mol. The summed E-state index contributed by atoms with van der Waals surface area (Å²) in [5.74, 6) is 0.284. The second kappa shape index (κ2) is 11.7. The van der Waals surface area contributed by atoms with Crippen molar-refractivity contribution in [2.45, 2.75) is 38.4 Å². The van der Waals surface area contributed by atoms with Gasteiger partial charge in [-0.25, -0.2) is 4.99 Å². The summed E-state index contributed by atoms with van der Waals surface area (Å²) in [6.45, 7) is 0. The van der Waals surface area contributed by atoms with Gasteiger partial charge in [-0.2, -0.15) is 0 Å². The molecule has 5 nitrogen and oxygen atoms in total. The van der Waals surface area contributed by atoms with E-state index in [1.807, 2.05) is 0 Å². The average molecular weight is 650 g/mol. The van der Waals surface area contributed by atoms with E-state index in [4.69, 9.17) is 4.99 Å². The summed E-state index contributed by atoms with van der Waals surface area (Å²) in [6.07, 6.45) is 25.5. The molecule has 1 N–H and O–H groups in total. The zero-order valence-electron chi connectivity index (χ0n) is 28.3. The molecule has 0 radical (unpaired) electrons. The van der Waals surface area contributed by atoms with Crippen LogP contribution < -0.4 is 5.32 Å². The maximum Gasteiger partial charge on any atom is 0.203 e. The molecule has 4 aromatic carbocycles. The quantitative estimate of drug-likeness (QED) is 0.202. The third-order valence-electron chi connectivity index (χ3n) is 10.9. The molecule has 2 aromatic heterocycles. The Morgan fingerprint density at radius 2 is 1.52 bits per heavy atom. The van der Waals surface area contributed by atoms with Crippen LogP contribution in [0.2, 0.25) is 0 Å². The molecule has 50 heavy (non-hydrogen) atoms. The van der Waals surface area contributed by atoms with Crippen LogP contribution in [-0.4, -0.2) is 26.8 Å². The Morgan fingerprint density at radius 3 is 2.36 bits per heavy atom. The summed E-state index contributed by atoms with van der Waals surface area (Å²) in [5, 5.41) is 8.88. The fourth-order valence-corrected chi connectivity index (χ4v) is 8.63. The number of anilines is 2. The van der Waals surface area contributed by atoms with Crippen molar-refractivity contribution in [1.29, 1.82) is 0 Å². The summed E-state index contributed by atoms with van der Waals surface area (Å²) in [7, 11) is 2.21. The van der Waals surface area contributed by atoms with Gasteiger partial charge in [-0.05, 0) is 86.2 Å². The average Bonchev–Trinajstić information content (AvgIpc) is 3.69. The zero-order chi connectivity index (χ0) is 33.2. The van der Waals surface area contributed by atoms with E-state index >= 15 is 0 Å². The van der Waals surface area contributed by atoms with Gasteiger partial charge in [0.15, 0.2) is 0 Å². The first-order chi connectivity index (χ1) is 24.7. The number of aliphatic imine (C=N–C) groups is 1. The van der Waals surface area contributed by atoms with Crippen LogP contribution in [0.3, 0.4) is 0 Å². The third-order valence-corrected chi connectivity index (χ3v) is 10.9. The van der Waals surface area contributed by atoms with E-state index in [9.17, 15) is 0 Å². The molecule has 3 aliphatic carbocycles. The van der Waals surface area contributed by atoms with Crippen LogP contribution in [0.5, 0.6) is 0 Å². The normalized spacial score (nSPS) is 20.3. The summed E-state index contributed by atoms with van der Waals surface area (Å²) >= 11 is 0. The topological polar surface area (TPSA) is 37.5 Å². The van der Waals surface area contributed by atoms with Crippen LogP contribution in [0.25, 0.3) is 49.3 Å². The molecule has 4 aliphatic rings. The number of rotatable bonds is 5. The van der Waals surface area contributed by atoms with Gasteiger partial charge >= 0.3 is 0 Å². The summed E-state index contributed by atoms with van der Waals surface area (Å²) in [6, 6.07) is 31.1. The lowest BCUT2D eigenvalue weighted by atomic mass is 9.85. The third kappa shape index (κ3) is 4.50. The maximum absolute atomic E-state index is 5.67. The first kappa shape index (κ1) is 29.1. The van der Waals surface area contributed by atoms with E-state index in [0.29, 0.717) is 0 Å². The lowest BCUT2D eigenvalue weighted by Crippen LogP contribution is -2.36. The number of para-hydroxylation sites is 3. The molecule has 5 heteroatoms. The minimum atomic E-state index is -0.228. The number of nitrogens with one attached hydrogen (secondary N) is 1. The number of hydrogen-bond acceptors (Lipinski definition) is 3. The highest BCUT2D eigenvalue weighted by Crippen LogP contribution is 2.43. The Hall–Kier alpha value is -5.81. The number of aromatic nitrogens is 2. The van der Waals surface area contributed by atoms with Gasteiger partial charge in [-0.1, -0.05) is 91.1 Å². The highest BCUT2D eigenvalue weighted by atomic mass is 15.4. The van der Waals surface area contributed by atoms with E-state index < -0.39 is 0 Å². The summed E-state index contributed by atoms with van der Waals surface area (Å²) in [5.41, 5.74) is 12.1. The van der Waals surface area contributed by atoms with Crippen molar-refractivity contribution in [3.63, 3.8) is 0 Å². The van der Waals surface area contributed by atoms with E-state index in [1.54, 1.807) is 0 Å². The zero-order valence-corrected chi connectivity index (χ0v) is 28.3. The van der Waals surface area contributed by atoms with Crippen molar-refractivity contribution in [1.82, 2.24) is 14.0 Å². The molecule has 0 amide bonds. The van der Waals surface area contributed by atoms with Gasteiger partial charge in [0.1, 0.15) is 0 Å². The number of allylic oxidation sites excluding steroid dienone is 11. The first-order valence-corrected chi connectivity index (χ1v) is 18.0. The smallest absolute Gasteiger partial charge is 0.203 e. The number of hydrogen-bond donors (Lipinski definition) is 1. The Kier molecular flexibility index (Phi) is 6.80. The molecule has 2 unspecified atom stereocenters. The number of benzene rings is 4. The highest BCUT2D eigenvalue weighted by Gasteiger charge is 2.33. The standard InChI is InChI=1S/C45H39N5/c1-48-39-24-11-10-21-36(39)43(30-15-4-2-5-16-30)47-45(48)50-41-26-13-8-19-33(41)35-22-14-23-38(44(35)50)46-31-27-28-42-37(29-31)34-20-9-12-25-40(34)49(42)32-17-6-3-7-18-32/h2,4-6,8-9,11-15,17-20,22-30,45-46H,3,7,10,16,21H2,1H3. The predicted octanol–water partition coefficient (Wildman–Crippen LogP) is 11.4. The molecule has 1 aliphatic heterocycles. The Morgan fingerprint density at radius 1 is 0.720 bits per heavy atom. The van der Waals surface area contributed by atoms with Crippen molar-refractivity contribution in [3.8, 4) is 0 Å². The number of fused-ring (bicyclic) bond motifs is 6. The minimum absolute atomic E-state index is 0.228. The molecule has 244 valence electrons. The van der Waals surface area contributed by atoms with Crippen LogP contribution in [0.4, 0.5) is 11.4 Å². The molecule has 6 aromatic rings. The lowest BCUT2D eigenvalue weighted by Gasteiger charge is -2.39. The molecule has 0 bridgehead atoms. The number of likely N-dealkylation sites (N-methyl/N-ethyl adjacent to an activating group) is 1. The molecular weight excluding hydrogens is 611 g/mol. The van der Waals surface area contributed by atoms with E-state index in [2.05, 4.69) is 166 Å². The SMILES string of the molecule is CN1C2=C(CCC=C2)C(C2C=CC=CC2)=NC1n1c2ccccc2c2cccc(Nc3ccc4c(c3)c3ccccc3n4C3=CCCC=C3)c21. The van der Waals surface area contributed by atoms with Gasteiger partial charge in [-0.3, -0.25) is 4.57 Å². The molecule has 3 heterocycles. The van der Waals surface area contributed by atoms with Crippen LogP contribution in [0, 0.1) is 5.92 Å². The van der Waals surface area contributed by atoms with Crippen molar-refractivity contribution in [2.75, 3.05) is 12.4 Å². The largest absolute Gasteiger partial charge is 0.354 e. The van der Waals surface area contributed by atoms with Gasteiger partial charge in [0, 0.05) is 51.6 Å². The van der Waals surface area contributed by atoms with Crippen LogP contribution in [0.1, 0.15) is 38.4 Å². The fraction of sp³-hybridized carbons (Fsp3) is 0.178. The van der Waals surface area contributed by atoms with Gasteiger partial charge in [0.2, 0.25) is 6.29 Å². The molecule has 10 rings (SSSR count). The van der Waals surface area contributed by atoms with E-state index in [-0.39, 0.29) is 12.2 Å². The van der Waals surface area contributed by atoms with Crippen molar-refractivity contribution in [3.05, 3.63) is 151 Å². The van der Waals surface area contributed by atoms with Crippen LogP contribution in [0.15, 0.2) is 156 Å². The minimum Gasteiger partial charge on any atom is -0.354 e. The summed E-state index contributed by atoms with van der Waals surface area (Å²) in [4.78, 5) is 8.06. The van der Waals surface area contributed by atoms with Gasteiger partial charge < -0.3 is 14.8 Å². The molecule has 2 atom stereocenters. The Bertz CT molecular complexity index is 2580. The Balaban J connectivity index is 1.15. The summed E-state index contributed by atoms with van der Waals surface area (Å²) < 4.78 is 4.88. The molecule has 0 saturated carbocycles. The van der Waals surface area contributed by atoms with Gasteiger partial charge in [0.05, 0.1) is 33.5 Å². The second-order valence-electron chi connectivity index (χ2n) is 13.8. The van der Waals surface area contributed by atoms with Crippen LogP contribution in [-0.2, 0) is 0 Å². The molecule has 0 fully saturated rings. The van der Waals surface area contributed by atoms with Gasteiger partial charge in [-0.15, -0.1) is 0 Å². The van der Waals surface area contributed by atoms with Crippen molar-refractivity contribution < 1.29 is 0 Å². The Labute approximate surface area is 292 Å². The fourth-order valence-electron chi connectivity index (χ4n) is 8.63. The maximum atomic E-state index is 5.67. The molecular formula is C45H39N5. The number of nitrogens with zero attached hydrogens (tertiary/aromatic N) is 4. The molecule has 0 spiro atoms. The lowest BCUT2D eigenvalue weighted by molar-refractivity contribution is 0.244. The van der Waals surface area contributed by atoms with E-state index in [1.165, 1.54) is 60.8 Å². The second-order valence-corrected chi connectivity index (χ2v) is 13.8. The van der Waals surface area contributed by atoms with Gasteiger partial charge in [0.25, 0.3) is 0 Å². The van der Waals surface area contributed by atoms with Crippen molar-refractivity contribution >= 4 is 66.4 Å². The van der Waals surface area contributed by atoms with E-state index in [0.717, 1.165) is 49.0 Å². The molecule has 0 saturated heterocycles. The predicted molar refractivity (Wildman–Crippen MR) is 211 cm³/mol. The first-order valence-electron chi connectivity index (χ1n) is 18.0. The highest BCUT2D eigenvalue weighted by molar-refractivity contribution is 6.14. The van der Waals surface area contributed by atoms with Crippen molar-refractivity contribution in [2.24, 2.45) is 10.9 Å². The van der Waals surface area contributed by atoms with Crippen LogP contribution >= 0.6 is 0 Å².